The summed E-state index contributed by atoms with van der Waals surface area (Å²) in [5.74, 6) is -5.51. The lowest BCUT2D eigenvalue weighted by atomic mass is 10.2. The van der Waals surface area contributed by atoms with Gasteiger partial charge in [0.1, 0.15) is 4.90 Å². The Morgan fingerprint density at radius 3 is 2.34 bits per heavy atom. The third kappa shape index (κ3) is 4.69. The molecule has 7 nitrogen and oxygen atoms in total. The normalized spacial score (nSPS) is 19.3. The van der Waals surface area contributed by atoms with E-state index in [1.807, 2.05) is 0 Å². The van der Waals surface area contributed by atoms with Crippen LogP contribution in [0.5, 0.6) is 0 Å². The summed E-state index contributed by atoms with van der Waals surface area (Å²) >= 11 is 0. The van der Waals surface area contributed by atoms with Gasteiger partial charge in [-0.1, -0.05) is 0 Å². The van der Waals surface area contributed by atoms with Crippen LogP contribution in [0, 0.1) is 17.5 Å². The molecule has 0 unspecified atom stereocenters. The highest BCUT2D eigenvalue weighted by Crippen LogP contribution is 2.25. The van der Waals surface area contributed by atoms with Crippen LogP contribution in [0.1, 0.15) is 29.6 Å². The number of nitrogens with one attached hydrogen (secondary N) is 2. The van der Waals surface area contributed by atoms with E-state index in [4.69, 9.17) is 5.73 Å². The molecule has 2 atom stereocenters. The number of carbonyl (C=O) groups is 1. The summed E-state index contributed by atoms with van der Waals surface area (Å²) in [6.07, 6.45) is 0.604. The van der Waals surface area contributed by atoms with Gasteiger partial charge in [0, 0.05) is 29.4 Å². The van der Waals surface area contributed by atoms with E-state index >= 15 is 0 Å². The molecule has 1 amide bonds. The number of sulfonamides is 1. The number of aliphatic hydroxyl groups is 1. The van der Waals surface area contributed by atoms with Crippen LogP contribution >= 0.6 is 0 Å². The molecule has 0 spiro atoms. The van der Waals surface area contributed by atoms with Crippen molar-refractivity contribution in [1.29, 1.82) is 0 Å². The Bertz CT molecular complexity index is 1040. The minimum absolute atomic E-state index is 0.105. The van der Waals surface area contributed by atoms with Crippen molar-refractivity contribution in [2.24, 2.45) is 0 Å². The van der Waals surface area contributed by atoms with Gasteiger partial charge in [-0.2, -0.15) is 0 Å². The summed E-state index contributed by atoms with van der Waals surface area (Å²) in [5.41, 5.74) is 5.16. The third-order valence-corrected chi connectivity index (χ3v) is 6.11. The van der Waals surface area contributed by atoms with Gasteiger partial charge in [-0.25, -0.2) is 26.3 Å². The second kappa shape index (κ2) is 8.01. The molecule has 0 aromatic heterocycles. The lowest BCUT2D eigenvalue weighted by Gasteiger charge is -2.15. The summed E-state index contributed by atoms with van der Waals surface area (Å²) in [7, 11) is -4.08. The lowest BCUT2D eigenvalue weighted by molar-refractivity contribution is 0.102. The summed E-state index contributed by atoms with van der Waals surface area (Å²) in [6, 6.07) is 4.19. The Labute approximate surface area is 164 Å². The van der Waals surface area contributed by atoms with E-state index < -0.39 is 45.5 Å². The standard InChI is InChI=1S/C18H18F3N3O4S/c19-13-7-11(8-14(20)17(13)21)23-18(26)9-1-4-15(22)16(5-9)29(27,28)24-10-2-3-12(25)6-10/h1,4-5,7-8,10,12,24-25H,2-3,6,22H2,(H,23,26)/t10-,12-/m1/s1. The van der Waals surface area contributed by atoms with Crippen molar-refractivity contribution in [3.63, 3.8) is 0 Å². The zero-order valence-electron chi connectivity index (χ0n) is 15.0. The highest BCUT2D eigenvalue weighted by atomic mass is 32.2. The molecule has 11 heteroatoms. The van der Waals surface area contributed by atoms with E-state index in [0.29, 0.717) is 25.0 Å². The van der Waals surface area contributed by atoms with Crippen LogP contribution in [0.25, 0.3) is 0 Å². The van der Waals surface area contributed by atoms with Crippen molar-refractivity contribution in [3.8, 4) is 0 Å². The maximum absolute atomic E-state index is 13.3. The molecule has 1 aliphatic carbocycles. The molecule has 0 saturated heterocycles. The number of aliphatic hydroxyl groups excluding tert-OH is 1. The summed E-state index contributed by atoms with van der Waals surface area (Å²) < 4.78 is 67.3. The van der Waals surface area contributed by atoms with E-state index in [0.717, 1.165) is 6.07 Å². The van der Waals surface area contributed by atoms with Gasteiger partial charge < -0.3 is 16.2 Å². The zero-order chi connectivity index (χ0) is 21.3. The first-order chi connectivity index (χ1) is 13.6. The molecule has 0 radical (unpaired) electrons. The topological polar surface area (TPSA) is 122 Å². The van der Waals surface area contributed by atoms with Crippen LogP contribution in [0.2, 0.25) is 0 Å². The number of amides is 1. The van der Waals surface area contributed by atoms with Gasteiger partial charge in [0.15, 0.2) is 17.5 Å². The number of nitrogen functional groups attached to an aromatic ring is 1. The lowest BCUT2D eigenvalue weighted by Crippen LogP contribution is -2.34. The molecule has 1 fully saturated rings. The molecule has 156 valence electrons. The van der Waals surface area contributed by atoms with E-state index in [2.05, 4.69) is 10.0 Å². The van der Waals surface area contributed by atoms with E-state index in [-0.39, 0.29) is 28.3 Å². The smallest absolute Gasteiger partial charge is 0.255 e. The first-order valence-electron chi connectivity index (χ1n) is 8.62. The van der Waals surface area contributed by atoms with Crippen LogP contribution in [-0.4, -0.2) is 31.6 Å². The molecule has 3 rings (SSSR count). The largest absolute Gasteiger partial charge is 0.398 e. The fourth-order valence-electron chi connectivity index (χ4n) is 3.09. The fourth-order valence-corrected chi connectivity index (χ4v) is 4.53. The quantitative estimate of drug-likeness (QED) is 0.429. The summed E-state index contributed by atoms with van der Waals surface area (Å²) in [6.45, 7) is 0. The van der Waals surface area contributed by atoms with Gasteiger partial charge in [-0.3, -0.25) is 4.79 Å². The van der Waals surface area contributed by atoms with Crippen LogP contribution in [0.3, 0.4) is 0 Å². The first kappa shape index (κ1) is 21.1. The van der Waals surface area contributed by atoms with E-state index in [1.165, 1.54) is 12.1 Å². The number of carbonyl (C=O) groups excluding carboxylic acids is 1. The van der Waals surface area contributed by atoms with Crippen molar-refractivity contribution in [2.45, 2.75) is 36.3 Å². The van der Waals surface area contributed by atoms with Gasteiger partial charge in [0.05, 0.1) is 11.8 Å². The predicted molar refractivity (Wildman–Crippen MR) is 99.1 cm³/mol. The number of benzene rings is 2. The van der Waals surface area contributed by atoms with E-state index in [9.17, 15) is 31.5 Å². The minimum atomic E-state index is -4.08. The Morgan fingerprint density at radius 1 is 1.10 bits per heavy atom. The third-order valence-electron chi connectivity index (χ3n) is 4.53. The number of halogens is 3. The molecule has 1 aliphatic rings. The van der Waals surface area contributed by atoms with Crippen LogP contribution in [0.4, 0.5) is 24.5 Å². The van der Waals surface area contributed by atoms with Crippen molar-refractivity contribution < 1.29 is 31.5 Å². The van der Waals surface area contributed by atoms with Crippen molar-refractivity contribution in [3.05, 3.63) is 53.3 Å². The SMILES string of the molecule is Nc1ccc(C(=O)Nc2cc(F)c(F)c(F)c2)cc1S(=O)(=O)N[C@@H]1CC[C@@H](O)C1. The fraction of sp³-hybridized carbons (Fsp3) is 0.278. The van der Waals surface area contributed by atoms with Crippen LogP contribution in [0.15, 0.2) is 35.2 Å². The van der Waals surface area contributed by atoms with Gasteiger partial charge in [0.25, 0.3) is 5.91 Å². The Hall–Kier alpha value is -2.63. The Morgan fingerprint density at radius 2 is 1.76 bits per heavy atom. The number of hydrogen-bond acceptors (Lipinski definition) is 5. The average molecular weight is 429 g/mol. The van der Waals surface area contributed by atoms with Crippen molar-refractivity contribution in [1.82, 2.24) is 4.72 Å². The molecule has 2 aromatic rings. The summed E-state index contributed by atoms with van der Waals surface area (Å²) in [4.78, 5) is 12.0. The molecule has 1 saturated carbocycles. The molecule has 0 bridgehead atoms. The number of hydrogen-bond donors (Lipinski definition) is 4. The maximum Gasteiger partial charge on any atom is 0.255 e. The zero-order valence-corrected chi connectivity index (χ0v) is 15.8. The molecule has 29 heavy (non-hydrogen) atoms. The van der Waals surface area contributed by atoms with Gasteiger partial charge in [0.2, 0.25) is 10.0 Å². The average Bonchev–Trinajstić information content (AvgIpc) is 3.03. The Kier molecular flexibility index (Phi) is 5.82. The van der Waals surface area contributed by atoms with Crippen LogP contribution < -0.4 is 15.8 Å². The van der Waals surface area contributed by atoms with Crippen molar-refractivity contribution >= 4 is 27.3 Å². The molecular weight excluding hydrogens is 411 g/mol. The number of anilines is 2. The number of rotatable bonds is 5. The van der Waals surface area contributed by atoms with Crippen molar-refractivity contribution in [2.75, 3.05) is 11.1 Å². The number of nitrogens with two attached hydrogens (primary N) is 1. The Balaban J connectivity index is 1.83. The second-order valence-corrected chi connectivity index (χ2v) is 8.43. The predicted octanol–water partition coefficient (Wildman–Crippen LogP) is 2.13. The van der Waals surface area contributed by atoms with Crippen LogP contribution in [-0.2, 0) is 10.0 Å². The van der Waals surface area contributed by atoms with Gasteiger partial charge >= 0.3 is 0 Å². The second-order valence-electron chi connectivity index (χ2n) is 6.75. The van der Waals surface area contributed by atoms with Gasteiger partial charge in [-0.05, 0) is 37.5 Å². The molecule has 0 heterocycles. The first-order valence-corrected chi connectivity index (χ1v) is 10.1. The molecule has 2 aromatic carbocycles. The maximum atomic E-state index is 13.3. The minimum Gasteiger partial charge on any atom is -0.398 e. The van der Waals surface area contributed by atoms with Gasteiger partial charge in [-0.15, -0.1) is 0 Å². The monoisotopic (exact) mass is 429 g/mol. The molecule has 5 N–H and O–H groups in total. The highest BCUT2D eigenvalue weighted by molar-refractivity contribution is 7.89. The molecule has 0 aliphatic heterocycles. The molecular formula is C18H18F3N3O4S. The van der Waals surface area contributed by atoms with E-state index in [1.54, 1.807) is 0 Å². The summed E-state index contributed by atoms with van der Waals surface area (Å²) in [5, 5.41) is 11.7. The highest BCUT2D eigenvalue weighted by Gasteiger charge is 2.29.